The minimum absolute atomic E-state index is 0.0314. The summed E-state index contributed by atoms with van der Waals surface area (Å²) in [4.78, 5) is 0. The lowest BCUT2D eigenvalue weighted by Crippen LogP contribution is -2.47. The van der Waals surface area contributed by atoms with Crippen molar-refractivity contribution >= 4 is 0 Å². The van der Waals surface area contributed by atoms with Crippen molar-refractivity contribution in [2.24, 2.45) is 16.9 Å². The molecular weight excluding hydrogens is 500 g/mol. The third-order valence-electron chi connectivity index (χ3n) is 9.13. The first kappa shape index (κ1) is 39.8. The summed E-state index contributed by atoms with van der Waals surface area (Å²) in [5, 5.41) is 0. The smallest absolute Gasteiger partial charge is 0.0777 e. The van der Waals surface area contributed by atoms with Crippen LogP contribution < -0.4 is 11.5 Å². The van der Waals surface area contributed by atoms with Gasteiger partial charge in [0.25, 0.3) is 0 Å². The van der Waals surface area contributed by atoms with Gasteiger partial charge in [0.15, 0.2) is 0 Å². The Bertz CT molecular complexity index is 683. The average Bonchev–Trinajstić information content (AvgIpc) is 2.82. The van der Waals surface area contributed by atoms with E-state index in [4.69, 9.17) is 30.4 Å². The Morgan fingerprint density at radius 3 is 1.43 bits per heavy atom. The molecule has 7 unspecified atom stereocenters. The molecule has 4 N–H and O–H groups in total. The zero-order valence-electron chi connectivity index (χ0n) is 29.4. The van der Waals surface area contributed by atoms with Crippen molar-refractivity contribution in [2.45, 2.75) is 201 Å². The summed E-state index contributed by atoms with van der Waals surface area (Å²) in [5.41, 5.74) is 11.0. The summed E-state index contributed by atoms with van der Waals surface area (Å²) < 4.78 is 26.5. The Morgan fingerprint density at radius 1 is 0.625 bits per heavy atom. The van der Waals surface area contributed by atoms with Crippen molar-refractivity contribution in [3.05, 3.63) is 0 Å². The molecule has 6 nitrogen and oxygen atoms in total. The zero-order chi connectivity index (χ0) is 31.4. The van der Waals surface area contributed by atoms with Crippen LogP contribution in [-0.4, -0.2) is 59.9 Å². The SMILES string of the molecule is CCCCC(CC)(COC(C)(CC)CC(C)OC(C)(C)CC(C)N)COC(C)(CC)CC(C)OC(C)(C)C(C)N. The standard InChI is InChI=1S/C34H72N2O4/c1-15-19-20-34(18-4,25-38-33(14,17-3)23-28(7)40-31(11,12)29(8)36)24-37-32(13,16-2)22-27(6)39-30(9,10)21-26(5)35/h26-29H,15-25,35-36H2,1-14H3. The van der Waals surface area contributed by atoms with Crippen molar-refractivity contribution in [2.75, 3.05) is 13.2 Å². The van der Waals surface area contributed by atoms with Crippen LogP contribution in [0, 0.1) is 5.41 Å². The summed E-state index contributed by atoms with van der Waals surface area (Å²) in [6.07, 6.45) is 8.92. The molecule has 0 aliphatic carbocycles. The number of ether oxygens (including phenoxy) is 4. The van der Waals surface area contributed by atoms with E-state index in [-0.39, 0.29) is 52.1 Å². The van der Waals surface area contributed by atoms with Gasteiger partial charge in [0.05, 0.1) is 47.8 Å². The predicted molar refractivity (Wildman–Crippen MR) is 172 cm³/mol. The van der Waals surface area contributed by atoms with Crippen LogP contribution in [-0.2, 0) is 18.9 Å². The Hall–Kier alpha value is -0.240. The van der Waals surface area contributed by atoms with E-state index in [0.29, 0.717) is 13.2 Å². The van der Waals surface area contributed by atoms with Crippen LogP contribution in [0.4, 0.5) is 0 Å². The Balaban J connectivity index is 5.56. The van der Waals surface area contributed by atoms with E-state index in [1.807, 2.05) is 13.8 Å². The molecule has 0 radical (unpaired) electrons. The Labute approximate surface area is 250 Å². The monoisotopic (exact) mass is 573 g/mol. The van der Waals surface area contributed by atoms with E-state index in [9.17, 15) is 0 Å². The third kappa shape index (κ3) is 14.8. The largest absolute Gasteiger partial charge is 0.375 e. The lowest BCUT2D eigenvalue weighted by Gasteiger charge is -2.42. The zero-order valence-corrected chi connectivity index (χ0v) is 29.4. The molecule has 0 aromatic carbocycles. The fourth-order valence-corrected chi connectivity index (χ4v) is 5.68. The fourth-order valence-electron chi connectivity index (χ4n) is 5.68. The highest BCUT2D eigenvalue weighted by atomic mass is 16.5. The molecule has 0 aromatic heterocycles. The second-order valence-corrected chi connectivity index (χ2v) is 14.7. The number of nitrogens with two attached hydrogens (primary N) is 2. The van der Waals surface area contributed by atoms with E-state index in [1.54, 1.807) is 0 Å². The first-order chi connectivity index (χ1) is 18.2. The molecular formula is C34H72N2O4. The van der Waals surface area contributed by atoms with Crippen LogP contribution in [0.25, 0.3) is 0 Å². The molecule has 0 aliphatic heterocycles. The first-order valence-corrected chi connectivity index (χ1v) is 16.4. The number of unbranched alkanes of at least 4 members (excludes halogenated alkanes) is 1. The van der Waals surface area contributed by atoms with Crippen LogP contribution in [0.2, 0.25) is 0 Å². The van der Waals surface area contributed by atoms with E-state index in [2.05, 4.69) is 83.1 Å². The molecule has 0 fully saturated rings. The molecule has 0 saturated carbocycles. The van der Waals surface area contributed by atoms with Gasteiger partial charge in [0, 0.05) is 30.3 Å². The van der Waals surface area contributed by atoms with Crippen LogP contribution in [0.15, 0.2) is 0 Å². The van der Waals surface area contributed by atoms with Crippen LogP contribution in [0.3, 0.4) is 0 Å². The molecule has 0 amide bonds. The summed E-state index contributed by atoms with van der Waals surface area (Å²) in [6.45, 7) is 31.6. The van der Waals surface area contributed by atoms with Crippen LogP contribution in [0.1, 0.15) is 155 Å². The van der Waals surface area contributed by atoms with Gasteiger partial charge in [0.2, 0.25) is 0 Å². The minimum Gasteiger partial charge on any atom is -0.375 e. The first-order valence-electron chi connectivity index (χ1n) is 16.4. The van der Waals surface area contributed by atoms with Crippen LogP contribution in [0.5, 0.6) is 0 Å². The normalized spacial score (nSPS) is 20.7. The summed E-state index contributed by atoms with van der Waals surface area (Å²) in [6, 6.07) is 0.0674. The Kier molecular flexibility index (Phi) is 17.1. The average molecular weight is 573 g/mol. The molecule has 6 heteroatoms. The van der Waals surface area contributed by atoms with Crippen LogP contribution >= 0.6 is 0 Å². The quantitative estimate of drug-likeness (QED) is 0.128. The number of hydrogen-bond acceptors (Lipinski definition) is 6. The molecule has 0 bridgehead atoms. The van der Waals surface area contributed by atoms with Crippen molar-refractivity contribution < 1.29 is 18.9 Å². The van der Waals surface area contributed by atoms with Gasteiger partial charge in [-0.05, 0) is 101 Å². The molecule has 0 rings (SSSR count). The van der Waals surface area contributed by atoms with Crippen molar-refractivity contribution in [3.63, 3.8) is 0 Å². The van der Waals surface area contributed by atoms with E-state index >= 15 is 0 Å². The highest BCUT2D eigenvalue weighted by molar-refractivity contribution is 4.87. The molecule has 242 valence electrons. The van der Waals surface area contributed by atoms with E-state index in [1.165, 1.54) is 6.42 Å². The van der Waals surface area contributed by atoms with Gasteiger partial charge in [0.1, 0.15) is 0 Å². The Morgan fingerprint density at radius 2 is 1.07 bits per heavy atom. The number of rotatable bonds is 23. The van der Waals surface area contributed by atoms with E-state index < -0.39 is 0 Å². The van der Waals surface area contributed by atoms with Gasteiger partial charge in [-0.15, -0.1) is 0 Å². The maximum Gasteiger partial charge on any atom is 0.0777 e. The van der Waals surface area contributed by atoms with Crippen molar-refractivity contribution in [1.29, 1.82) is 0 Å². The molecule has 0 heterocycles. The summed E-state index contributed by atoms with van der Waals surface area (Å²) in [7, 11) is 0. The number of hydrogen-bond donors (Lipinski definition) is 2. The fraction of sp³-hybridized carbons (Fsp3) is 1.00. The van der Waals surface area contributed by atoms with Gasteiger partial charge in [-0.25, -0.2) is 0 Å². The molecule has 40 heavy (non-hydrogen) atoms. The maximum absolute atomic E-state index is 6.85. The second-order valence-electron chi connectivity index (χ2n) is 14.7. The maximum atomic E-state index is 6.85. The van der Waals surface area contributed by atoms with Gasteiger partial charge >= 0.3 is 0 Å². The van der Waals surface area contributed by atoms with E-state index in [0.717, 1.165) is 51.4 Å². The van der Waals surface area contributed by atoms with Gasteiger partial charge in [-0.1, -0.05) is 40.5 Å². The molecule has 0 aromatic rings. The molecule has 7 atom stereocenters. The van der Waals surface area contributed by atoms with Gasteiger partial charge in [-0.2, -0.15) is 0 Å². The lowest BCUT2D eigenvalue weighted by molar-refractivity contribution is -0.162. The van der Waals surface area contributed by atoms with Gasteiger partial charge in [-0.3, -0.25) is 0 Å². The summed E-state index contributed by atoms with van der Waals surface area (Å²) >= 11 is 0. The topological polar surface area (TPSA) is 89.0 Å². The highest BCUT2D eigenvalue weighted by Crippen LogP contribution is 2.37. The van der Waals surface area contributed by atoms with Crippen molar-refractivity contribution in [1.82, 2.24) is 0 Å². The predicted octanol–water partition coefficient (Wildman–Crippen LogP) is 8.18. The third-order valence-corrected chi connectivity index (χ3v) is 9.13. The lowest BCUT2D eigenvalue weighted by atomic mass is 9.80. The van der Waals surface area contributed by atoms with Crippen molar-refractivity contribution in [3.8, 4) is 0 Å². The molecule has 0 spiro atoms. The minimum atomic E-state index is -0.376. The molecule has 0 saturated heterocycles. The van der Waals surface area contributed by atoms with Gasteiger partial charge < -0.3 is 30.4 Å². The summed E-state index contributed by atoms with van der Waals surface area (Å²) in [5.74, 6) is 0. The second kappa shape index (κ2) is 17.2. The molecule has 0 aliphatic rings. The highest BCUT2D eigenvalue weighted by Gasteiger charge is 2.38.